The maximum Gasteiger partial charge on any atom is 0.352 e. The van der Waals surface area contributed by atoms with Crippen LogP contribution in [0.5, 0.6) is 0 Å². The van der Waals surface area contributed by atoms with E-state index >= 15 is 0 Å². The quantitative estimate of drug-likeness (QED) is 0.708. The van der Waals surface area contributed by atoms with Crippen molar-refractivity contribution in [3.05, 3.63) is 40.2 Å². The number of carboxylic acid groups (broad SMARTS) is 1. The van der Waals surface area contributed by atoms with Crippen LogP contribution < -0.4 is 10.7 Å². The van der Waals surface area contributed by atoms with E-state index in [0.717, 1.165) is 11.8 Å². The molecule has 5 heteroatoms. The fourth-order valence-corrected chi connectivity index (χ4v) is 1.52. The first-order valence-electron chi connectivity index (χ1n) is 4.70. The predicted molar refractivity (Wildman–Crippen MR) is 61.1 cm³/mol. The Kier molecular flexibility index (Phi) is 2.36. The first-order chi connectivity index (χ1) is 7.61. The fraction of sp³-hybridized carbons (Fsp3) is 0.0909. The van der Waals surface area contributed by atoms with Crippen LogP contribution in [-0.4, -0.2) is 23.1 Å². The summed E-state index contributed by atoms with van der Waals surface area (Å²) in [6.07, 6.45) is 0. The molecule has 1 aromatic carbocycles. The Morgan fingerprint density at radius 1 is 1.38 bits per heavy atom. The summed E-state index contributed by atoms with van der Waals surface area (Å²) in [4.78, 5) is 25.1. The molecule has 1 heterocycles. The minimum atomic E-state index is -1.14. The largest absolute Gasteiger partial charge is 0.477 e. The van der Waals surface area contributed by atoms with E-state index in [0.29, 0.717) is 10.9 Å². The summed E-state index contributed by atoms with van der Waals surface area (Å²) in [5.41, 5.74) is 0.919. The van der Waals surface area contributed by atoms with Crippen molar-refractivity contribution in [1.29, 1.82) is 0 Å². The molecule has 0 bridgehead atoms. The molecule has 0 unspecified atom stereocenters. The molecule has 0 radical (unpaired) electrons. The second kappa shape index (κ2) is 3.69. The van der Waals surface area contributed by atoms with Crippen LogP contribution in [0, 0.1) is 0 Å². The molecule has 0 saturated carbocycles. The van der Waals surface area contributed by atoms with Gasteiger partial charge in [-0.05, 0) is 18.2 Å². The highest BCUT2D eigenvalue weighted by Gasteiger charge is 2.07. The van der Waals surface area contributed by atoms with Gasteiger partial charge >= 0.3 is 5.97 Å². The van der Waals surface area contributed by atoms with Crippen LogP contribution in [0.25, 0.3) is 10.9 Å². The average molecular weight is 218 g/mol. The molecule has 2 rings (SSSR count). The Morgan fingerprint density at radius 3 is 2.75 bits per heavy atom. The summed E-state index contributed by atoms with van der Waals surface area (Å²) in [6.45, 7) is 0. The highest BCUT2D eigenvalue weighted by Crippen LogP contribution is 2.14. The van der Waals surface area contributed by atoms with Crippen molar-refractivity contribution in [3.63, 3.8) is 0 Å². The molecule has 16 heavy (non-hydrogen) atoms. The molecular weight excluding hydrogens is 208 g/mol. The van der Waals surface area contributed by atoms with Crippen molar-refractivity contribution >= 4 is 22.6 Å². The average Bonchev–Trinajstić information content (AvgIpc) is 2.28. The van der Waals surface area contributed by atoms with Crippen LogP contribution in [0.15, 0.2) is 29.1 Å². The van der Waals surface area contributed by atoms with Gasteiger partial charge in [-0.1, -0.05) is 0 Å². The maximum atomic E-state index is 11.7. The summed E-state index contributed by atoms with van der Waals surface area (Å²) >= 11 is 0. The summed E-state index contributed by atoms with van der Waals surface area (Å²) in [6, 6.07) is 6.21. The fourth-order valence-electron chi connectivity index (χ4n) is 1.52. The molecule has 0 aliphatic carbocycles. The number of rotatable bonds is 2. The Balaban J connectivity index is 2.76. The third kappa shape index (κ3) is 1.63. The second-order valence-corrected chi connectivity index (χ2v) is 3.36. The smallest absolute Gasteiger partial charge is 0.352 e. The third-order valence-electron chi connectivity index (χ3n) is 2.35. The van der Waals surface area contributed by atoms with Crippen molar-refractivity contribution in [2.45, 2.75) is 0 Å². The normalized spacial score (nSPS) is 10.3. The number of benzene rings is 1. The molecule has 3 N–H and O–H groups in total. The second-order valence-electron chi connectivity index (χ2n) is 3.36. The Labute approximate surface area is 90.7 Å². The van der Waals surface area contributed by atoms with Crippen molar-refractivity contribution in [2.24, 2.45) is 0 Å². The van der Waals surface area contributed by atoms with Gasteiger partial charge in [0.05, 0.1) is 5.52 Å². The van der Waals surface area contributed by atoms with Gasteiger partial charge in [0.1, 0.15) is 5.69 Å². The number of hydrogen-bond acceptors (Lipinski definition) is 3. The first-order valence-corrected chi connectivity index (χ1v) is 4.70. The zero-order valence-electron chi connectivity index (χ0n) is 8.57. The minimum Gasteiger partial charge on any atom is -0.477 e. The summed E-state index contributed by atoms with van der Waals surface area (Å²) in [5.74, 6) is -1.14. The first kappa shape index (κ1) is 10.2. The van der Waals surface area contributed by atoms with Gasteiger partial charge in [0.15, 0.2) is 5.43 Å². The van der Waals surface area contributed by atoms with Gasteiger partial charge in [-0.3, -0.25) is 4.79 Å². The van der Waals surface area contributed by atoms with E-state index < -0.39 is 5.97 Å². The predicted octanol–water partition coefficient (Wildman–Crippen LogP) is 1.27. The van der Waals surface area contributed by atoms with Crippen LogP contribution in [0.4, 0.5) is 5.69 Å². The number of aromatic carboxylic acids is 1. The van der Waals surface area contributed by atoms with Crippen LogP contribution in [-0.2, 0) is 0 Å². The van der Waals surface area contributed by atoms with Crippen molar-refractivity contribution in [1.82, 2.24) is 4.98 Å². The van der Waals surface area contributed by atoms with Gasteiger partial charge in [-0.2, -0.15) is 0 Å². The van der Waals surface area contributed by atoms with E-state index in [1.54, 1.807) is 25.2 Å². The molecular formula is C11H10N2O3. The molecule has 5 nitrogen and oxygen atoms in total. The third-order valence-corrected chi connectivity index (χ3v) is 2.35. The van der Waals surface area contributed by atoms with Crippen molar-refractivity contribution in [3.8, 4) is 0 Å². The topological polar surface area (TPSA) is 82.2 Å². The molecule has 0 amide bonds. The molecule has 0 spiro atoms. The Hall–Kier alpha value is -2.30. The zero-order chi connectivity index (χ0) is 11.7. The zero-order valence-corrected chi connectivity index (χ0v) is 8.57. The lowest BCUT2D eigenvalue weighted by Crippen LogP contribution is -2.09. The van der Waals surface area contributed by atoms with Gasteiger partial charge in [0.25, 0.3) is 0 Å². The van der Waals surface area contributed by atoms with Crippen LogP contribution in [0.3, 0.4) is 0 Å². The van der Waals surface area contributed by atoms with Crippen molar-refractivity contribution in [2.75, 3.05) is 12.4 Å². The van der Waals surface area contributed by atoms with E-state index in [1.165, 1.54) is 0 Å². The molecule has 1 aromatic heterocycles. The van der Waals surface area contributed by atoms with E-state index in [9.17, 15) is 9.59 Å². The molecule has 0 saturated heterocycles. The van der Waals surface area contributed by atoms with Gasteiger partial charge in [0, 0.05) is 24.2 Å². The minimum absolute atomic E-state index is 0.102. The number of carboxylic acids is 1. The Morgan fingerprint density at radius 2 is 2.12 bits per heavy atom. The molecule has 0 atom stereocenters. The van der Waals surface area contributed by atoms with E-state index in [1.807, 2.05) is 0 Å². The number of aromatic nitrogens is 1. The monoisotopic (exact) mass is 218 g/mol. The lowest BCUT2D eigenvalue weighted by atomic mass is 10.1. The van der Waals surface area contributed by atoms with Gasteiger partial charge in [-0.15, -0.1) is 0 Å². The standard InChI is InChI=1S/C11H10N2O3/c1-12-6-2-3-8-7(4-6)10(14)5-9(13-8)11(15)16/h2-5,12H,1H3,(H,13,14)(H,15,16). The molecule has 0 aliphatic rings. The SMILES string of the molecule is CNc1ccc2[nH]c(C(=O)O)cc(=O)c2c1. The summed E-state index contributed by atoms with van der Waals surface area (Å²) in [7, 11) is 1.75. The van der Waals surface area contributed by atoms with Gasteiger partial charge in [0.2, 0.25) is 0 Å². The number of pyridine rings is 1. The molecule has 0 fully saturated rings. The van der Waals surface area contributed by atoms with Crippen LogP contribution >= 0.6 is 0 Å². The summed E-state index contributed by atoms with van der Waals surface area (Å²) in [5, 5.41) is 12.2. The number of hydrogen-bond donors (Lipinski definition) is 3. The number of nitrogens with one attached hydrogen (secondary N) is 2. The lowest BCUT2D eigenvalue weighted by molar-refractivity contribution is 0.0691. The highest BCUT2D eigenvalue weighted by atomic mass is 16.4. The maximum absolute atomic E-state index is 11.7. The van der Waals surface area contributed by atoms with Gasteiger partial charge < -0.3 is 15.4 Å². The number of carbonyl (C=O) groups is 1. The van der Waals surface area contributed by atoms with E-state index in [-0.39, 0.29) is 11.1 Å². The van der Waals surface area contributed by atoms with Crippen LogP contribution in [0.1, 0.15) is 10.5 Å². The summed E-state index contributed by atoms with van der Waals surface area (Å²) < 4.78 is 0. The number of H-pyrrole nitrogens is 1. The highest BCUT2D eigenvalue weighted by molar-refractivity contribution is 5.90. The van der Waals surface area contributed by atoms with Gasteiger partial charge in [-0.25, -0.2) is 4.79 Å². The molecule has 2 aromatic rings. The number of anilines is 1. The molecule has 0 aliphatic heterocycles. The van der Waals surface area contributed by atoms with E-state index in [4.69, 9.17) is 5.11 Å². The van der Waals surface area contributed by atoms with Crippen LogP contribution in [0.2, 0.25) is 0 Å². The number of fused-ring (bicyclic) bond motifs is 1. The van der Waals surface area contributed by atoms with Crippen molar-refractivity contribution < 1.29 is 9.90 Å². The van der Waals surface area contributed by atoms with E-state index in [2.05, 4.69) is 10.3 Å². The number of aromatic amines is 1. The lowest BCUT2D eigenvalue weighted by Gasteiger charge is -2.03. The molecule has 82 valence electrons. The Bertz CT molecular complexity index is 616.